The molecule has 1 aliphatic rings. The lowest BCUT2D eigenvalue weighted by Crippen LogP contribution is -2.46. The average molecular weight is 256 g/mol. The molecule has 0 aromatic heterocycles. The Kier molecular flexibility index (Phi) is 6.65. The lowest BCUT2D eigenvalue weighted by molar-refractivity contribution is -0.134. The molecule has 4 nitrogen and oxygen atoms in total. The molecule has 0 atom stereocenters. The Hall–Kier alpha value is -0.610. The highest BCUT2D eigenvalue weighted by molar-refractivity contribution is 5.78. The van der Waals surface area contributed by atoms with Crippen LogP contribution in [0.5, 0.6) is 0 Å². The van der Waals surface area contributed by atoms with E-state index < -0.39 is 0 Å². The zero-order valence-electron chi connectivity index (χ0n) is 12.1. The Morgan fingerprint density at radius 2 is 1.89 bits per heavy atom. The van der Waals surface area contributed by atoms with Crippen molar-refractivity contribution >= 4 is 5.91 Å². The van der Waals surface area contributed by atoms with Gasteiger partial charge in [-0.15, -0.1) is 0 Å². The van der Waals surface area contributed by atoms with Crippen molar-refractivity contribution in [3.05, 3.63) is 0 Å². The second-order valence-corrected chi connectivity index (χ2v) is 5.58. The van der Waals surface area contributed by atoms with Crippen molar-refractivity contribution < 1.29 is 9.90 Å². The van der Waals surface area contributed by atoms with E-state index in [2.05, 4.69) is 13.8 Å². The van der Waals surface area contributed by atoms with Crippen molar-refractivity contribution in [3.63, 3.8) is 0 Å². The van der Waals surface area contributed by atoms with Gasteiger partial charge in [0.2, 0.25) is 5.91 Å². The molecule has 106 valence electrons. The smallest absolute Gasteiger partial charge is 0.236 e. The van der Waals surface area contributed by atoms with Gasteiger partial charge in [-0.05, 0) is 26.7 Å². The number of likely N-dealkylation sites (N-methyl/N-ethyl adjacent to an activating group) is 1. The molecule has 0 aromatic rings. The maximum Gasteiger partial charge on any atom is 0.236 e. The fraction of sp³-hybridized carbons (Fsp3) is 0.929. The van der Waals surface area contributed by atoms with E-state index in [9.17, 15) is 4.79 Å². The van der Waals surface area contributed by atoms with Crippen LogP contribution >= 0.6 is 0 Å². The molecule has 0 spiro atoms. The molecule has 0 saturated heterocycles. The molecule has 1 N–H and O–H groups in total. The summed E-state index contributed by atoms with van der Waals surface area (Å²) in [6.07, 6.45) is 6.08. The second-order valence-electron chi connectivity index (χ2n) is 5.58. The van der Waals surface area contributed by atoms with Crippen LogP contribution in [-0.2, 0) is 4.79 Å². The van der Waals surface area contributed by atoms with Crippen molar-refractivity contribution in [2.45, 2.75) is 58.0 Å². The van der Waals surface area contributed by atoms with E-state index in [0.717, 1.165) is 12.8 Å². The molecule has 1 rings (SSSR count). The van der Waals surface area contributed by atoms with Gasteiger partial charge in [-0.2, -0.15) is 0 Å². The van der Waals surface area contributed by atoms with Crippen molar-refractivity contribution in [3.8, 4) is 0 Å². The van der Waals surface area contributed by atoms with Gasteiger partial charge in [-0.25, -0.2) is 0 Å². The molecule has 1 saturated carbocycles. The molecule has 0 heterocycles. The summed E-state index contributed by atoms with van der Waals surface area (Å²) in [6, 6.07) is 0.718. The first-order valence-corrected chi connectivity index (χ1v) is 7.16. The molecular formula is C14H28N2O2. The molecule has 0 radical (unpaired) electrons. The third-order valence-corrected chi connectivity index (χ3v) is 3.97. The number of rotatable bonds is 6. The Morgan fingerprint density at radius 3 is 2.39 bits per heavy atom. The summed E-state index contributed by atoms with van der Waals surface area (Å²) in [4.78, 5) is 16.2. The highest BCUT2D eigenvalue weighted by Crippen LogP contribution is 2.21. The van der Waals surface area contributed by atoms with Gasteiger partial charge in [-0.3, -0.25) is 9.69 Å². The van der Waals surface area contributed by atoms with E-state index in [4.69, 9.17) is 5.11 Å². The predicted molar refractivity (Wildman–Crippen MR) is 73.4 cm³/mol. The molecular weight excluding hydrogens is 228 g/mol. The molecule has 18 heavy (non-hydrogen) atoms. The summed E-state index contributed by atoms with van der Waals surface area (Å²) in [6.45, 7) is 5.22. The first kappa shape index (κ1) is 15.4. The van der Waals surface area contributed by atoms with Gasteiger partial charge < -0.3 is 10.0 Å². The van der Waals surface area contributed by atoms with Crippen molar-refractivity contribution in [1.29, 1.82) is 0 Å². The number of carbonyl (C=O) groups excluding carboxylic acids is 1. The zero-order chi connectivity index (χ0) is 13.5. The predicted octanol–water partition coefficient (Wildman–Crippen LogP) is 1.48. The van der Waals surface area contributed by atoms with Gasteiger partial charge in [0.15, 0.2) is 0 Å². The van der Waals surface area contributed by atoms with E-state index in [1.165, 1.54) is 19.3 Å². The Labute approximate surface area is 111 Å². The topological polar surface area (TPSA) is 43.8 Å². The van der Waals surface area contributed by atoms with Crippen LogP contribution < -0.4 is 0 Å². The minimum Gasteiger partial charge on any atom is -0.395 e. The fourth-order valence-electron chi connectivity index (χ4n) is 2.61. The summed E-state index contributed by atoms with van der Waals surface area (Å²) >= 11 is 0. The van der Waals surface area contributed by atoms with Crippen molar-refractivity contribution in [1.82, 2.24) is 9.80 Å². The summed E-state index contributed by atoms with van der Waals surface area (Å²) < 4.78 is 0. The molecule has 0 unspecified atom stereocenters. The third kappa shape index (κ3) is 4.58. The van der Waals surface area contributed by atoms with Gasteiger partial charge >= 0.3 is 0 Å². The Morgan fingerprint density at radius 1 is 1.28 bits per heavy atom. The highest BCUT2D eigenvalue weighted by Gasteiger charge is 2.23. The number of carbonyl (C=O) groups is 1. The van der Waals surface area contributed by atoms with E-state index in [0.29, 0.717) is 25.2 Å². The summed E-state index contributed by atoms with van der Waals surface area (Å²) in [5, 5.41) is 9.02. The molecule has 4 heteroatoms. The van der Waals surface area contributed by atoms with Crippen molar-refractivity contribution in [2.24, 2.45) is 0 Å². The number of nitrogens with zero attached hydrogens (tertiary/aromatic N) is 2. The number of aliphatic hydroxyl groups is 1. The summed E-state index contributed by atoms with van der Waals surface area (Å²) in [7, 11) is 1.93. The number of aliphatic hydroxyl groups excluding tert-OH is 1. The molecule has 1 amide bonds. The maximum absolute atomic E-state index is 12.2. The van der Waals surface area contributed by atoms with Crippen molar-refractivity contribution in [2.75, 3.05) is 26.7 Å². The van der Waals surface area contributed by atoms with Gasteiger partial charge in [0.05, 0.1) is 13.2 Å². The van der Waals surface area contributed by atoms with E-state index >= 15 is 0 Å². The van der Waals surface area contributed by atoms with Crippen LogP contribution in [0.2, 0.25) is 0 Å². The zero-order valence-corrected chi connectivity index (χ0v) is 12.1. The maximum atomic E-state index is 12.2. The molecule has 0 aromatic carbocycles. The van der Waals surface area contributed by atoms with E-state index in [1.807, 2.05) is 16.8 Å². The van der Waals surface area contributed by atoms with Crippen LogP contribution in [0.1, 0.15) is 46.0 Å². The SMILES string of the molecule is CC(C)N(CCO)CC(=O)N(C)C1CCCCC1. The van der Waals surface area contributed by atoms with Crippen LogP contribution in [0.15, 0.2) is 0 Å². The molecule has 1 aliphatic carbocycles. The van der Waals surface area contributed by atoms with Gasteiger partial charge in [0.1, 0.15) is 0 Å². The third-order valence-electron chi connectivity index (χ3n) is 3.97. The van der Waals surface area contributed by atoms with Gasteiger partial charge in [0.25, 0.3) is 0 Å². The standard InChI is InChI=1S/C14H28N2O2/c1-12(2)16(9-10-17)11-14(18)15(3)13-7-5-4-6-8-13/h12-13,17H,4-11H2,1-3H3. The number of amides is 1. The Balaban J connectivity index is 2.46. The van der Waals surface area contributed by atoms with Crippen LogP contribution in [0, 0.1) is 0 Å². The van der Waals surface area contributed by atoms with Crippen LogP contribution in [0.3, 0.4) is 0 Å². The largest absolute Gasteiger partial charge is 0.395 e. The molecule has 0 bridgehead atoms. The first-order chi connectivity index (χ1) is 8.56. The molecule has 1 fully saturated rings. The fourth-order valence-corrected chi connectivity index (χ4v) is 2.61. The van der Waals surface area contributed by atoms with Crippen LogP contribution in [0.4, 0.5) is 0 Å². The lowest BCUT2D eigenvalue weighted by atomic mass is 9.94. The minimum atomic E-state index is 0.110. The van der Waals surface area contributed by atoms with Crippen LogP contribution in [-0.4, -0.2) is 59.6 Å². The molecule has 0 aliphatic heterocycles. The lowest BCUT2D eigenvalue weighted by Gasteiger charge is -2.34. The summed E-state index contributed by atoms with van der Waals surface area (Å²) in [5.74, 6) is 0.184. The van der Waals surface area contributed by atoms with Gasteiger partial charge in [-0.1, -0.05) is 19.3 Å². The second kappa shape index (κ2) is 7.74. The van der Waals surface area contributed by atoms with E-state index in [-0.39, 0.29) is 12.5 Å². The van der Waals surface area contributed by atoms with Crippen LogP contribution in [0.25, 0.3) is 0 Å². The summed E-state index contributed by atoms with van der Waals surface area (Å²) in [5.41, 5.74) is 0. The number of hydrogen-bond acceptors (Lipinski definition) is 3. The average Bonchev–Trinajstić information content (AvgIpc) is 2.38. The normalized spacial score (nSPS) is 17.4. The number of hydrogen-bond donors (Lipinski definition) is 1. The highest BCUT2D eigenvalue weighted by atomic mass is 16.3. The Bertz CT molecular complexity index is 250. The first-order valence-electron chi connectivity index (χ1n) is 7.16. The quantitative estimate of drug-likeness (QED) is 0.783. The monoisotopic (exact) mass is 256 g/mol. The van der Waals surface area contributed by atoms with E-state index in [1.54, 1.807) is 0 Å². The van der Waals surface area contributed by atoms with Gasteiger partial charge in [0, 0.05) is 25.7 Å². The minimum absolute atomic E-state index is 0.110.